The number of ether oxygens (including phenoxy) is 1. The molecular formula is C11H12Cl2O2. The Labute approximate surface area is 99.1 Å². The van der Waals surface area contributed by atoms with E-state index >= 15 is 0 Å². The highest BCUT2D eigenvalue weighted by atomic mass is 35.5. The van der Waals surface area contributed by atoms with Crippen molar-refractivity contribution in [3.8, 4) is 0 Å². The van der Waals surface area contributed by atoms with Crippen molar-refractivity contribution in [2.75, 3.05) is 0 Å². The van der Waals surface area contributed by atoms with Gasteiger partial charge < -0.3 is 4.74 Å². The molecule has 15 heavy (non-hydrogen) atoms. The number of hydrogen-bond donors (Lipinski definition) is 0. The Hall–Kier alpha value is -0.730. The van der Waals surface area contributed by atoms with Gasteiger partial charge in [-0.1, -0.05) is 23.7 Å². The Morgan fingerprint density at radius 2 is 2.13 bits per heavy atom. The minimum atomic E-state index is -0.425. The van der Waals surface area contributed by atoms with Crippen molar-refractivity contribution >= 4 is 29.2 Å². The molecule has 0 spiro atoms. The van der Waals surface area contributed by atoms with Crippen LogP contribution in [-0.4, -0.2) is 12.1 Å². The highest BCUT2D eigenvalue weighted by Crippen LogP contribution is 2.22. The molecule has 0 heterocycles. The van der Waals surface area contributed by atoms with Crippen LogP contribution in [0.15, 0.2) is 18.2 Å². The van der Waals surface area contributed by atoms with E-state index in [2.05, 4.69) is 0 Å². The van der Waals surface area contributed by atoms with Crippen molar-refractivity contribution in [3.63, 3.8) is 0 Å². The number of esters is 1. The molecule has 0 aromatic heterocycles. The zero-order valence-electron chi connectivity index (χ0n) is 8.59. The first-order valence-corrected chi connectivity index (χ1v) is 5.51. The lowest BCUT2D eigenvalue weighted by Crippen LogP contribution is -2.13. The second-order valence-corrected chi connectivity index (χ2v) is 4.04. The van der Waals surface area contributed by atoms with Crippen LogP contribution in [0.1, 0.15) is 29.8 Å². The van der Waals surface area contributed by atoms with Gasteiger partial charge in [-0.05, 0) is 25.5 Å². The third kappa shape index (κ3) is 3.11. The molecule has 0 aliphatic heterocycles. The average molecular weight is 247 g/mol. The molecule has 2 nitrogen and oxygen atoms in total. The van der Waals surface area contributed by atoms with Gasteiger partial charge in [0.15, 0.2) is 0 Å². The molecule has 0 unspecified atom stereocenters. The fourth-order valence-corrected chi connectivity index (χ4v) is 1.68. The van der Waals surface area contributed by atoms with Gasteiger partial charge in [0.05, 0.1) is 16.7 Å². The predicted molar refractivity (Wildman–Crippen MR) is 61.6 cm³/mol. The van der Waals surface area contributed by atoms with Gasteiger partial charge >= 0.3 is 5.97 Å². The zero-order chi connectivity index (χ0) is 11.4. The third-order valence-corrected chi connectivity index (χ3v) is 2.39. The van der Waals surface area contributed by atoms with Gasteiger partial charge in [-0.15, -0.1) is 11.6 Å². The van der Waals surface area contributed by atoms with Crippen LogP contribution in [0.5, 0.6) is 0 Å². The topological polar surface area (TPSA) is 26.3 Å². The van der Waals surface area contributed by atoms with E-state index in [-0.39, 0.29) is 12.0 Å². The molecule has 82 valence electrons. The molecule has 0 amide bonds. The van der Waals surface area contributed by atoms with Crippen LogP contribution in [-0.2, 0) is 10.6 Å². The lowest BCUT2D eigenvalue weighted by molar-refractivity contribution is 0.0377. The van der Waals surface area contributed by atoms with Gasteiger partial charge in [0.2, 0.25) is 0 Å². The minimum absolute atomic E-state index is 0.169. The highest BCUT2D eigenvalue weighted by Gasteiger charge is 2.17. The SMILES string of the molecule is CC(C)OC(=O)c1c(Cl)cccc1CCl. The van der Waals surface area contributed by atoms with E-state index in [0.717, 1.165) is 0 Å². The average Bonchev–Trinajstić information content (AvgIpc) is 2.15. The number of halogens is 2. The van der Waals surface area contributed by atoms with Gasteiger partial charge in [0.25, 0.3) is 0 Å². The first kappa shape index (κ1) is 12.3. The Kier molecular flexibility index (Phi) is 4.43. The molecule has 0 atom stereocenters. The number of carbonyl (C=O) groups excluding carboxylic acids is 1. The molecule has 0 saturated heterocycles. The molecule has 0 aliphatic rings. The van der Waals surface area contributed by atoms with Crippen LogP contribution in [0.2, 0.25) is 5.02 Å². The summed E-state index contributed by atoms with van der Waals surface area (Å²) in [4.78, 5) is 11.7. The summed E-state index contributed by atoms with van der Waals surface area (Å²) in [7, 11) is 0. The van der Waals surface area contributed by atoms with Crippen molar-refractivity contribution in [2.24, 2.45) is 0 Å². The van der Waals surface area contributed by atoms with E-state index < -0.39 is 5.97 Å². The summed E-state index contributed by atoms with van der Waals surface area (Å²) in [5.74, 6) is -0.186. The molecule has 0 bridgehead atoms. The van der Waals surface area contributed by atoms with Gasteiger partial charge in [0.1, 0.15) is 0 Å². The molecule has 0 saturated carbocycles. The maximum atomic E-state index is 11.7. The molecule has 1 rings (SSSR count). The molecule has 4 heteroatoms. The van der Waals surface area contributed by atoms with Gasteiger partial charge in [-0.2, -0.15) is 0 Å². The number of alkyl halides is 1. The van der Waals surface area contributed by atoms with E-state index in [1.807, 2.05) is 0 Å². The summed E-state index contributed by atoms with van der Waals surface area (Å²) in [5, 5.41) is 0.374. The Balaban J connectivity index is 3.06. The normalized spacial score (nSPS) is 10.5. The van der Waals surface area contributed by atoms with Crippen LogP contribution >= 0.6 is 23.2 Å². The molecule has 0 aliphatic carbocycles. The van der Waals surface area contributed by atoms with Crippen LogP contribution in [0, 0.1) is 0 Å². The number of hydrogen-bond acceptors (Lipinski definition) is 2. The van der Waals surface area contributed by atoms with E-state index in [9.17, 15) is 4.79 Å². The van der Waals surface area contributed by atoms with Crippen molar-refractivity contribution < 1.29 is 9.53 Å². The summed E-state index contributed by atoms with van der Waals surface area (Å²) in [6, 6.07) is 5.16. The molecule has 1 aromatic carbocycles. The van der Waals surface area contributed by atoms with Crippen molar-refractivity contribution in [1.82, 2.24) is 0 Å². The smallest absolute Gasteiger partial charge is 0.340 e. The first-order valence-electron chi connectivity index (χ1n) is 4.60. The van der Waals surface area contributed by atoms with Crippen LogP contribution in [0.3, 0.4) is 0 Å². The maximum absolute atomic E-state index is 11.7. The van der Waals surface area contributed by atoms with Gasteiger partial charge in [-0.25, -0.2) is 4.79 Å². The number of rotatable bonds is 3. The molecule has 0 N–H and O–H groups in total. The van der Waals surface area contributed by atoms with E-state index in [1.165, 1.54) is 0 Å². The summed E-state index contributed by atoms with van der Waals surface area (Å²) >= 11 is 11.6. The fourth-order valence-electron chi connectivity index (χ4n) is 1.18. The fraction of sp³-hybridized carbons (Fsp3) is 0.364. The number of benzene rings is 1. The quantitative estimate of drug-likeness (QED) is 0.602. The third-order valence-electron chi connectivity index (χ3n) is 1.79. The first-order chi connectivity index (χ1) is 7.06. The Bertz CT molecular complexity index is 362. The highest BCUT2D eigenvalue weighted by molar-refractivity contribution is 6.34. The van der Waals surface area contributed by atoms with Gasteiger partial charge in [0, 0.05) is 5.88 Å². The van der Waals surface area contributed by atoms with Crippen LogP contribution < -0.4 is 0 Å². The van der Waals surface area contributed by atoms with E-state index in [4.69, 9.17) is 27.9 Å². The Morgan fingerprint density at radius 3 is 2.67 bits per heavy atom. The summed E-state index contributed by atoms with van der Waals surface area (Å²) in [6.45, 7) is 3.57. The van der Waals surface area contributed by atoms with E-state index in [0.29, 0.717) is 16.1 Å². The second kappa shape index (κ2) is 5.38. The monoisotopic (exact) mass is 246 g/mol. The van der Waals surface area contributed by atoms with Crippen molar-refractivity contribution in [1.29, 1.82) is 0 Å². The molecular weight excluding hydrogens is 235 g/mol. The van der Waals surface area contributed by atoms with E-state index in [1.54, 1.807) is 32.0 Å². The van der Waals surface area contributed by atoms with Gasteiger partial charge in [-0.3, -0.25) is 0 Å². The largest absolute Gasteiger partial charge is 0.459 e. The molecule has 0 fully saturated rings. The maximum Gasteiger partial charge on any atom is 0.340 e. The van der Waals surface area contributed by atoms with Crippen LogP contribution in [0.25, 0.3) is 0 Å². The summed E-state index contributed by atoms with van der Waals surface area (Å²) in [6.07, 6.45) is -0.169. The van der Waals surface area contributed by atoms with Crippen LogP contribution in [0.4, 0.5) is 0 Å². The predicted octanol–water partition coefficient (Wildman–Crippen LogP) is 3.64. The summed E-state index contributed by atoms with van der Waals surface area (Å²) in [5.41, 5.74) is 1.05. The standard InChI is InChI=1S/C11H12Cl2O2/c1-7(2)15-11(14)10-8(6-12)4-3-5-9(10)13/h3-5,7H,6H2,1-2H3. The number of carbonyl (C=O) groups is 1. The van der Waals surface area contributed by atoms with Crippen molar-refractivity contribution in [2.45, 2.75) is 25.8 Å². The lowest BCUT2D eigenvalue weighted by Gasteiger charge is -2.11. The second-order valence-electron chi connectivity index (χ2n) is 3.36. The van der Waals surface area contributed by atoms with Crippen molar-refractivity contribution in [3.05, 3.63) is 34.3 Å². The Morgan fingerprint density at radius 1 is 1.47 bits per heavy atom. The molecule has 0 radical (unpaired) electrons. The zero-order valence-corrected chi connectivity index (χ0v) is 10.1. The lowest BCUT2D eigenvalue weighted by atomic mass is 10.1. The minimum Gasteiger partial charge on any atom is -0.459 e. The summed E-state index contributed by atoms with van der Waals surface area (Å²) < 4.78 is 5.08. The molecule has 1 aromatic rings.